The highest BCUT2D eigenvalue weighted by Crippen LogP contribution is 2.35. The number of aromatic nitrogens is 3. The summed E-state index contributed by atoms with van der Waals surface area (Å²) in [5.74, 6) is 1.40. The Bertz CT molecular complexity index is 1260. The number of fused-ring (bicyclic) bond motifs is 1. The predicted molar refractivity (Wildman–Crippen MR) is 131 cm³/mol. The zero-order valence-electron chi connectivity index (χ0n) is 19.5. The Hall–Kier alpha value is -3.77. The number of hydrogen-bond acceptors (Lipinski definition) is 9. The zero-order valence-corrected chi connectivity index (χ0v) is 19.5. The molecule has 1 saturated carbocycles. The first kappa shape index (κ1) is 23.0. The van der Waals surface area contributed by atoms with Crippen LogP contribution in [0, 0.1) is 17.2 Å². The highest BCUT2D eigenvalue weighted by Gasteiger charge is 2.22. The molecule has 9 nitrogen and oxygen atoms in total. The van der Waals surface area contributed by atoms with Crippen molar-refractivity contribution in [3.63, 3.8) is 0 Å². The summed E-state index contributed by atoms with van der Waals surface area (Å²) in [5, 5.41) is 13.6. The largest absolute Gasteiger partial charge is 0.486 e. The van der Waals surface area contributed by atoms with E-state index < -0.39 is 0 Å². The van der Waals surface area contributed by atoms with E-state index >= 15 is 0 Å². The standard InChI is InChI=1S/C26H28N6O3/c27-11-17-12-29-22-9-24(35-19-6-7-34-15-19)21(28)8-20(22)26(17)32-18-13-30-25(31-14-18)10-23(33)16-4-2-1-3-5-16/h8-9,12-14,16,19H,1-7,10,15,28H2,(H,29,32). The molecule has 0 spiro atoms. The van der Waals surface area contributed by atoms with Gasteiger partial charge in [0.25, 0.3) is 0 Å². The molecule has 1 unspecified atom stereocenters. The summed E-state index contributed by atoms with van der Waals surface area (Å²) in [7, 11) is 0. The zero-order chi connectivity index (χ0) is 24.2. The van der Waals surface area contributed by atoms with Crippen molar-refractivity contribution < 1.29 is 14.3 Å². The molecule has 180 valence electrons. The molecule has 5 rings (SSSR count). The fourth-order valence-electron chi connectivity index (χ4n) is 4.72. The minimum absolute atomic E-state index is 0.0358. The van der Waals surface area contributed by atoms with Crippen LogP contribution in [0.25, 0.3) is 10.9 Å². The molecule has 0 amide bonds. The van der Waals surface area contributed by atoms with Crippen LogP contribution in [0.2, 0.25) is 0 Å². The third-order valence-electron chi connectivity index (χ3n) is 6.67. The van der Waals surface area contributed by atoms with Gasteiger partial charge in [0, 0.05) is 30.0 Å². The predicted octanol–water partition coefficient (Wildman–Crippen LogP) is 4.08. The van der Waals surface area contributed by atoms with Crippen LogP contribution in [0.1, 0.15) is 49.9 Å². The molecule has 2 fully saturated rings. The fraction of sp³-hybridized carbons (Fsp3) is 0.423. The second kappa shape index (κ2) is 10.2. The maximum Gasteiger partial charge on any atom is 0.144 e. The van der Waals surface area contributed by atoms with Gasteiger partial charge in [-0.15, -0.1) is 0 Å². The number of anilines is 3. The topological polar surface area (TPSA) is 136 Å². The molecule has 1 aromatic carbocycles. The molecular formula is C26H28N6O3. The van der Waals surface area contributed by atoms with E-state index in [1.54, 1.807) is 24.5 Å². The van der Waals surface area contributed by atoms with E-state index in [1.165, 1.54) is 12.6 Å². The number of nitrogen functional groups attached to an aromatic ring is 1. The molecule has 2 aromatic heterocycles. The first-order valence-electron chi connectivity index (χ1n) is 12.1. The van der Waals surface area contributed by atoms with Crippen molar-refractivity contribution in [1.82, 2.24) is 15.0 Å². The lowest BCUT2D eigenvalue weighted by molar-refractivity contribution is -0.123. The average Bonchev–Trinajstić information content (AvgIpc) is 3.40. The summed E-state index contributed by atoms with van der Waals surface area (Å²) in [5.41, 5.74) is 8.92. The van der Waals surface area contributed by atoms with Gasteiger partial charge in [-0.25, -0.2) is 9.97 Å². The number of Topliss-reactive ketones (excluding diaryl/α,β-unsaturated/α-hetero) is 1. The van der Waals surface area contributed by atoms with Crippen LogP contribution in [-0.4, -0.2) is 40.1 Å². The summed E-state index contributed by atoms with van der Waals surface area (Å²) in [6.07, 6.45) is 11.2. The van der Waals surface area contributed by atoms with Crippen LogP contribution < -0.4 is 15.8 Å². The van der Waals surface area contributed by atoms with Crippen molar-refractivity contribution in [3.05, 3.63) is 42.1 Å². The van der Waals surface area contributed by atoms with E-state index in [9.17, 15) is 10.1 Å². The minimum Gasteiger partial charge on any atom is -0.486 e. The molecular weight excluding hydrogens is 444 g/mol. The smallest absolute Gasteiger partial charge is 0.144 e. The molecule has 1 atom stereocenters. The second-order valence-electron chi connectivity index (χ2n) is 9.16. The van der Waals surface area contributed by atoms with Gasteiger partial charge in [0.15, 0.2) is 0 Å². The van der Waals surface area contributed by atoms with Crippen LogP contribution in [0.5, 0.6) is 5.75 Å². The van der Waals surface area contributed by atoms with Gasteiger partial charge in [0.05, 0.1) is 60.2 Å². The molecule has 3 aromatic rings. The third-order valence-corrected chi connectivity index (χ3v) is 6.67. The highest BCUT2D eigenvalue weighted by atomic mass is 16.5. The Morgan fingerprint density at radius 2 is 1.94 bits per heavy atom. The molecule has 9 heteroatoms. The van der Waals surface area contributed by atoms with Crippen LogP contribution in [0.3, 0.4) is 0 Å². The molecule has 3 N–H and O–H groups in total. The summed E-state index contributed by atoms with van der Waals surface area (Å²) in [4.78, 5) is 25.8. The number of hydrogen-bond donors (Lipinski definition) is 2. The summed E-state index contributed by atoms with van der Waals surface area (Å²) < 4.78 is 11.4. The van der Waals surface area contributed by atoms with Gasteiger partial charge in [-0.3, -0.25) is 9.78 Å². The van der Waals surface area contributed by atoms with Gasteiger partial charge in [-0.2, -0.15) is 5.26 Å². The van der Waals surface area contributed by atoms with Gasteiger partial charge in [-0.05, 0) is 18.9 Å². The Kier molecular flexibility index (Phi) is 6.73. The monoisotopic (exact) mass is 472 g/mol. The third kappa shape index (κ3) is 5.17. The molecule has 0 radical (unpaired) electrons. The number of nitriles is 1. The van der Waals surface area contributed by atoms with Gasteiger partial charge < -0.3 is 20.5 Å². The summed E-state index contributed by atoms with van der Waals surface area (Å²) in [6, 6.07) is 5.72. The number of nitrogens with two attached hydrogens (primary N) is 1. The van der Waals surface area contributed by atoms with Crippen LogP contribution in [0.15, 0.2) is 30.7 Å². The number of ketones is 1. The van der Waals surface area contributed by atoms with E-state index in [2.05, 4.69) is 26.3 Å². The first-order chi connectivity index (χ1) is 17.1. The quantitative estimate of drug-likeness (QED) is 0.487. The molecule has 1 aliphatic heterocycles. The Morgan fingerprint density at radius 1 is 1.14 bits per heavy atom. The Morgan fingerprint density at radius 3 is 2.66 bits per heavy atom. The minimum atomic E-state index is -0.0358. The van der Waals surface area contributed by atoms with E-state index in [1.807, 2.05) is 0 Å². The molecule has 1 aliphatic carbocycles. The molecule has 0 bridgehead atoms. The first-order valence-corrected chi connectivity index (χ1v) is 12.1. The fourth-order valence-corrected chi connectivity index (χ4v) is 4.72. The number of carbonyl (C=O) groups excluding carboxylic acids is 1. The molecule has 2 aliphatic rings. The van der Waals surface area contributed by atoms with E-state index in [0.29, 0.717) is 58.3 Å². The highest BCUT2D eigenvalue weighted by molar-refractivity contribution is 5.98. The number of nitrogens with zero attached hydrogens (tertiary/aromatic N) is 4. The number of carbonyl (C=O) groups is 1. The van der Waals surface area contributed by atoms with Gasteiger partial charge >= 0.3 is 0 Å². The van der Waals surface area contributed by atoms with Crippen molar-refractivity contribution in [1.29, 1.82) is 5.26 Å². The number of pyridine rings is 1. The van der Waals surface area contributed by atoms with Gasteiger partial charge in [0.1, 0.15) is 29.5 Å². The lowest BCUT2D eigenvalue weighted by Crippen LogP contribution is -2.20. The maximum absolute atomic E-state index is 12.6. The van der Waals surface area contributed by atoms with Crippen molar-refractivity contribution in [2.75, 3.05) is 24.3 Å². The SMILES string of the molecule is N#Cc1cnc2cc(OC3CCOC3)c(N)cc2c1Nc1cnc(CC(=O)C2CCCCC2)nc1. The number of nitrogens with one attached hydrogen (secondary N) is 1. The van der Waals surface area contributed by atoms with Crippen molar-refractivity contribution in [2.45, 2.75) is 51.0 Å². The van der Waals surface area contributed by atoms with Crippen LogP contribution >= 0.6 is 0 Å². The number of rotatable bonds is 7. The van der Waals surface area contributed by atoms with E-state index in [4.69, 9.17) is 15.2 Å². The van der Waals surface area contributed by atoms with Gasteiger partial charge in [-0.1, -0.05) is 19.3 Å². The van der Waals surface area contributed by atoms with Crippen molar-refractivity contribution >= 4 is 33.7 Å². The van der Waals surface area contributed by atoms with E-state index in [-0.39, 0.29) is 24.2 Å². The van der Waals surface area contributed by atoms with E-state index in [0.717, 1.165) is 32.1 Å². The normalized spacial score (nSPS) is 18.3. The van der Waals surface area contributed by atoms with Crippen LogP contribution in [-0.2, 0) is 16.0 Å². The lowest BCUT2D eigenvalue weighted by atomic mass is 9.85. The molecule has 3 heterocycles. The summed E-state index contributed by atoms with van der Waals surface area (Å²) in [6.45, 7) is 1.21. The maximum atomic E-state index is 12.6. The number of ether oxygens (including phenoxy) is 2. The number of benzene rings is 1. The van der Waals surface area contributed by atoms with Crippen LogP contribution in [0.4, 0.5) is 17.1 Å². The van der Waals surface area contributed by atoms with Gasteiger partial charge in [0.2, 0.25) is 0 Å². The molecule has 35 heavy (non-hydrogen) atoms. The average molecular weight is 473 g/mol. The molecule has 1 saturated heterocycles. The van der Waals surface area contributed by atoms with Crippen molar-refractivity contribution in [3.8, 4) is 11.8 Å². The Balaban J connectivity index is 1.36. The Labute approximate surface area is 203 Å². The second-order valence-corrected chi connectivity index (χ2v) is 9.16. The summed E-state index contributed by atoms with van der Waals surface area (Å²) >= 11 is 0. The lowest BCUT2D eigenvalue weighted by Gasteiger charge is -2.19. The van der Waals surface area contributed by atoms with Crippen molar-refractivity contribution in [2.24, 2.45) is 5.92 Å².